The summed E-state index contributed by atoms with van der Waals surface area (Å²) in [4.78, 5) is 14.7. The van der Waals surface area contributed by atoms with Crippen LogP contribution in [0.2, 0.25) is 0 Å². The predicted molar refractivity (Wildman–Crippen MR) is 95.7 cm³/mol. The molecule has 0 fully saturated rings. The van der Waals surface area contributed by atoms with Crippen LogP contribution in [-0.2, 0) is 19.6 Å². The lowest BCUT2D eigenvalue weighted by molar-refractivity contribution is 0.0739. The van der Waals surface area contributed by atoms with Crippen molar-refractivity contribution in [1.29, 1.82) is 5.26 Å². The highest BCUT2D eigenvalue weighted by Crippen LogP contribution is 2.16. The Kier molecular flexibility index (Phi) is 4.24. The van der Waals surface area contributed by atoms with Gasteiger partial charge >= 0.3 is 0 Å². The summed E-state index contributed by atoms with van der Waals surface area (Å²) in [6.45, 7) is 6.24. The molecule has 0 atom stereocenters. The van der Waals surface area contributed by atoms with Gasteiger partial charge in [-0.2, -0.15) is 20.6 Å². The van der Waals surface area contributed by atoms with Crippen LogP contribution in [0.5, 0.6) is 0 Å². The summed E-state index contributed by atoms with van der Waals surface area (Å²) in [5, 5.41) is 24.8. The second kappa shape index (κ2) is 6.72. The van der Waals surface area contributed by atoms with Gasteiger partial charge in [0, 0.05) is 18.8 Å². The number of aryl methyl sites for hydroxylation is 3. The van der Waals surface area contributed by atoms with Crippen LogP contribution in [0.1, 0.15) is 45.4 Å². The molecule has 0 spiro atoms. The van der Waals surface area contributed by atoms with Gasteiger partial charge in [0.05, 0.1) is 30.2 Å². The summed E-state index contributed by atoms with van der Waals surface area (Å²) in [6, 6.07) is 7.58. The monoisotopic (exact) mass is 364 g/mol. The van der Waals surface area contributed by atoms with E-state index < -0.39 is 0 Å². The van der Waals surface area contributed by atoms with Gasteiger partial charge in [-0.1, -0.05) is 0 Å². The Balaban J connectivity index is 1.50. The predicted octanol–water partition coefficient (Wildman–Crippen LogP) is 1.39. The first-order valence-electron chi connectivity index (χ1n) is 8.85. The molecule has 9 nitrogen and oxygen atoms in total. The molecule has 0 aliphatic carbocycles. The number of rotatable bonds is 3. The SMILES string of the molecule is Cc1cc(C)n(Cc2cc(C(=O)N3CCCn4nc(C#N)cc4C3)n[nH]2)n1. The van der Waals surface area contributed by atoms with Crippen molar-refractivity contribution in [2.24, 2.45) is 0 Å². The van der Waals surface area contributed by atoms with E-state index >= 15 is 0 Å². The molecule has 0 bridgehead atoms. The molecular formula is C18H20N8O. The number of nitriles is 1. The zero-order chi connectivity index (χ0) is 19.0. The summed E-state index contributed by atoms with van der Waals surface area (Å²) in [5.41, 5.74) is 4.49. The molecule has 1 aliphatic heterocycles. The van der Waals surface area contributed by atoms with Gasteiger partial charge in [0.1, 0.15) is 11.8 Å². The highest BCUT2D eigenvalue weighted by atomic mass is 16.2. The van der Waals surface area contributed by atoms with Gasteiger partial charge in [0.15, 0.2) is 5.69 Å². The zero-order valence-electron chi connectivity index (χ0n) is 15.3. The molecule has 0 radical (unpaired) electrons. The number of aromatic nitrogens is 6. The Labute approximate surface area is 156 Å². The normalized spacial score (nSPS) is 13.9. The molecule has 3 aromatic rings. The summed E-state index contributed by atoms with van der Waals surface area (Å²) in [5.74, 6) is -0.126. The van der Waals surface area contributed by atoms with E-state index in [-0.39, 0.29) is 5.91 Å². The topological polar surface area (TPSA) is 108 Å². The molecule has 3 aromatic heterocycles. The number of nitrogens with zero attached hydrogens (tertiary/aromatic N) is 7. The molecule has 0 unspecified atom stereocenters. The Morgan fingerprint density at radius 2 is 2.11 bits per heavy atom. The molecule has 9 heteroatoms. The average molecular weight is 364 g/mol. The molecule has 1 N–H and O–H groups in total. The van der Waals surface area contributed by atoms with E-state index in [0.717, 1.165) is 29.2 Å². The quantitative estimate of drug-likeness (QED) is 0.755. The number of carbonyl (C=O) groups is 1. The van der Waals surface area contributed by atoms with E-state index in [1.165, 1.54) is 0 Å². The summed E-state index contributed by atoms with van der Waals surface area (Å²) < 4.78 is 3.69. The van der Waals surface area contributed by atoms with Gasteiger partial charge in [-0.05, 0) is 38.5 Å². The van der Waals surface area contributed by atoms with Crippen molar-refractivity contribution in [3.05, 3.63) is 52.4 Å². The number of hydrogen-bond acceptors (Lipinski definition) is 5. The molecule has 1 aliphatic rings. The maximum atomic E-state index is 12.9. The molecule has 0 saturated heterocycles. The molecular weight excluding hydrogens is 344 g/mol. The number of fused-ring (bicyclic) bond motifs is 1. The van der Waals surface area contributed by atoms with Crippen molar-refractivity contribution < 1.29 is 4.79 Å². The number of amides is 1. The van der Waals surface area contributed by atoms with E-state index in [1.54, 1.807) is 17.0 Å². The zero-order valence-corrected chi connectivity index (χ0v) is 15.3. The van der Waals surface area contributed by atoms with Crippen LogP contribution < -0.4 is 0 Å². The van der Waals surface area contributed by atoms with E-state index in [1.807, 2.05) is 29.3 Å². The van der Waals surface area contributed by atoms with Crippen molar-refractivity contribution in [3.8, 4) is 6.07 Å². The maximum Gasteiger partial charge on any atom is 0.274 e. The van der Waals surface area contributed by atoms with Crippen LogP contribution in [0.25, 0.3) is 0 Å². The molecule has 138 valence electrons. The standard InChI is InChI=1S/C18H20N8O/c1-12-6-13(2)26(22-12)10-15-8-17(21-20-15)18(27)24-4-3-5-25-16(11-24)7-14(9-19)23-25/h6-8H,3-5,10-11H2,1-2H3,(H,20,21). The number of carbonyl (C=O) groups excluding carboxylic acids is 1. The fraction of sp³-hybridized carbons (Fsp3) is 0.389. The van der Waals surface area contributed by atoms with E-state index in [2.05, 4.69) is 26.5 Å². The van der Waals surface area contributed by atoms with Gasteiger partial charge in [-0.25, -0.2) is 0 Å². The van der Waals surface area contributed by atoms with Gasteiger partial charge in [-0.3, -0.25) is 19.3 Å². The maximum absolute atomic E-state index is 12.9. The van der Waals surface area contributed by atoms with Crippen LogP contribution in [0.3, 0.4) is 0 Å². The summed E-state index contributed by atoms with van der Waals surface area (Å²) in [7, 11) is 0. The first-order valence-corrected chi connectivity index (χ1v) is 8.85. The molecule has 0 aromatic carbocycles. The molecule has 1 amide bonds. The van der Waals surface area contributed by atoms with Gasteiger partial charge in [0.25, 0.3) is 5.91 Å². The third kappa shape index (κ3) is 3.33. The molecule has 4 heterocycles. The minimum absolute atomic E-state index is 0.126. The smallest absolute Gasteiger partial charge is 0.274 e. The van der Waals surface area contributed by atoms with Crippen LogP contribution in [0.15, 0.2) is 18.2 Å². The van der Waals surface area contributed by atoms with Crippen LogP contribution in [0, 0.1) is 25.2 Å². The number of aromatic amines is 1. The number of hydrogen-bond donors (Lipinski definition) is 1. The number of H-pyrrole nitrogens is 1. The number of nitrogens with one attached hydrogen (secondary N) is 1. The third-order valence-electron chi connectivity index (χ3n) is 4.69. The fourth-order valence-corrected chi connectivity index (χ4v) is 3.40. The lowest BCUT2D eigenvalue weighted by atomic mass is 10.2. The van der Waals surface area contributed by atoms with Crippen molar-refractivity contribution in [2.45, 2.75) is 39.9 Å². The first-order chi connectivity index (χ1) is 13.0. The highest BCUT2D eigenvalue weighted by molar-refractivity contribution is 5.92. The van der Waals surface area contributed by atoms with Gasteiger partial charge in [-0.15, -0.1) is 0 Å². The van der Waals surface area contributed by atoms with E-state index in [0.29, 0.717) is 37.6 Å². The summed E-state index contributed by atoms with van der Waals surface area (Å²) in [6.07, 6.45) is 0.786. The molecule has 27 heavy (non-hydrogen) atoms. The Morgan fingerprint density at radius 1 is 1.26 bits per heavy atom. The van der Waals surface area contributed by atoms with Crippen LogP contribution in [0.4, 0.5) is 0 Å². The van der Waals surface area contributed by atoms with Gasteiger partial charge in [0.2, 0.25) is 0 Å². The fourth-order valence-electron chi connectivity index (χ4n) is 3.40. The first kappa shape index (κ1) is 17.0. The van der Waals surface area contributed by atoms with Crippen molar-refractivity contribution in [3.63, 3.8) is 0 Å². The molecule has 4 rings (SSSR count). The largest absolute Gasteiger partial charge is 0.331 e. The second-order valence-corrected chi connectivity index (χ2v) is 6.80. The van der Waals surface area contributed by atoms with E-state index in [4.69, 9.17) is 5.26 Å². The molecule has 0 saturated carbocycles. The Hall–Kier alpha value is -3.41. The Bertz CT molecular complexity index is 1030. The third-order valence-corrected chi connectivity index (χ3v) is 4.69. The lowest BCUT2D eigenvalue weighted by Gasteiger charge is -2.18. The minimum atomic E-state index is -0.126. The van der Waals surface area contributed by atoms with Crippen LogP contribution in [-0.4, -0.2) is 47.1 Å². The van der Waals surface area contributed by atoms with Gasteiger partial charge < -0.3 is 4.90 Å². The average Bonchev–Trinajstić information content (AvgIpc) is 3.31. The van der Waals surface area contributed by atoms with Crippen molar-refractivity contribution in [1.82, 2.24) is 34.7 Å². The van der Waals surface area contributed by atoms with Crippen LogP contribution >= 0.6 is 0 Å². The second-order valence-electron chi connectivity index (χ2n) is 6.80. The minimum Gasteiger partial charge on any atom is -0.331 e. The van der Waals surface area contributed by atoms with E-state index in [9.17, 15) is 4.79 Å². The highest BCUT2D eigenvalue weighted by Gasteiger charge is 2.23. The van der Waals surface area contributed by atoms with Crippen molar-refractivity contribution in [2.75, 3.05) is 6.54 Å². The lowest BCUT2D eigenvalue weighted by Crippen LogP contribution is -2.31. The van der Waals surface area contributed by atoms with Crippen molar-refractivity contribution >= 4 is 5.91 Å². The Morgan fingerprint density at radius 3 is 2.85 bits per heavy atom. The summed E-state index contributed by atoms with van der Waals surface area (Å²) >= 11 is 0.